The van der Waals surface area contributed by atoms with Gasteiger partial charge in [-0.15, -0.1) is 0 Å². The van der Waals surface area contributed by atoms with E-state index in [9.17, 15) is 9.18 Å². The van der Waals surface area contributed by atoms with E-state index < -0.39 is 0 Å². The van der Waals surface area contributed by atoms with Crippen molar-refractivity contribution in [3.63, 3.8) is 0 Å². The quantitative estimate of drug-likeness (QED) is 0.719. The molecule has 1 saturated heterocycles. The standard InChI is InChI=1S/C21H19ClFNO2/c22-19-8-4-7-18(20(19)23)15-11-16-9-10-17(12-15)24(16)21(25)26-13-14-5-2-1-3-6-14/h1-8,11,16-17H,9-10,12-13H2. The van der Waals surface area contributed by atoms with Crippen molar-refractivity contribution in [2.75, 3.05) is 0 Å². The molecular weight excluding hydrogens is 353 g/mol. The molecule has 2 aromatic carbocycles. The molecule has 2 aliphatic rings. The minimum atomic E-state index is -0.389. The molecule has 1 fully saturated rings. The highest BCUT2D eigenvalue weighted by atomic mass is 35.5. The number of amides is 1. The summed E-state index contributed by atoms with van der Waals surface area (Å²) in [7, 11) is 0. The van der Waals surface area contributed by atoms with Gasteiger partial charge in [0.15, 0.2) is 0 Å². The van der Waals surface area contributed by atoms with Gasteiger partial charge in [0.25, 0.3) is 0 Å². The maximum Gasteiger partial charge on any atom is 0.410 e. The molecule has 2 heterocycles. The Kier molecular flexibility index (Phi) is 4.68. The fourth-order valence-corrected chi connectivity index (χ4v) is 4.03. The topological polar surface area (TPSA) is 29.5 Å². The fourth-order valence-electron chi connectivity index (χ4n) is 3.86. The molecule has 0 aromatic heterocycles. The predicted molar refractivity (Wildman–Crippen MR) is 99.3 cm³/mol. The van der Waals surface area contributed by atoms with Crippen LogP contribution in [0.4, 0.5) is 9.18 Å². The van der Waals surface area contributed by atoms with Crippen LogP contribution in [0.2, 0.25) is 5.02 Å². The highest BCUT2D eigenvalue weighted by Crippen LogP contribution is 2.40. The van der Waals surface area contributed by atoms with Gasteiger partial charge in [-0.05, 0) is 36.5 Å². The van der Waals surface area contributed by atoms with Gasteiger partial charge in [-0.1, -0.05) is 60.1 Å². The summed E-state index contributed by atoms with van der Waals surface area (Å²) in [5, 5.41) is 0.125. The second kappa shape index (κ2) is 7.12. The zero-order chi connectivity index (χ0) is 18.1. The Morgan fingerprint density at radius 2 is 1.96 bits per heavy atom. The third kappa shape index (κ3) is 3.21. The van der Waals surface area contributed by atoms with E-state index in [-0.39, 0.29) is 35.6 Å². The van der Waals surface area contributed by atoms with Crippen LogP contribution >= 0.6 is 11.6 Å². The molecule has 2 aromatic rings. The number of rotatable bonds is 3. The van der Waals surface area contributed by atoms with Gasteiger partial charge < -0.3 is 4.74 Å². The number of benzene rings is 2. The van der Waals surface area contributed by atoms with Crippen LogP contribution in [0.1, 0.15) is 30.4 Å². The van der Waals surface area contributed by atoms with Crippen molar-refractivity contribution in [1.82, 2.24) is 4.90 Å². The zero-order valence-electron chi connectivity index (χ0n) is 14.2. The molecule has 0 aliphatic carbocycles. The molecular formula is C21H19ClFNO2. The van der Waals surface area contributed by atoms with Crippen LogP contribution < -0.4 is 0 Å². The first-order valence-corrected chi connectivity index (χ1v) is 9.15. The fraction of sp³-hybridized carbons (Fsp3) is 0.286. The van der Waals surface area contributed by atoms with Crippen molar-refractivity contribution < 1.29 is 13.9 Å². The first kappa shape index (κ1) is 17.1. The van der Waals surface area contributed by atoms with Crippen molar-refractivity contribution in [1.29, 1.82) is 0 Å². The van der Waals surface area contributed by atoms with Gasteiger partial charge in [-0.2, -0.15) is 0 Å². The Labute approximate surface area is 157 Å². The SMILES string of the molecule is O=C(OCc1ccccc1)N1C2C=C(c3cccc(Cl)c3F)CC1CC2. The van der Waals surface area contributed by atoms with Crippen LogP contribution in [-0.2, 0) is 11.3 Å². The van der Waals surface area contributed by atoms with Crippen LogP contribution in [0.3, 0.4) is 0 Å². The van der Waals surface area contributed by atoms with Crippen molar-refractivity contribution >= 4 is 23.3 Å². The first-order chi connectivity index (χ1) is 12.6. The second-order valence-electron chi connectivity index (χ2n) is 6.74. The Morgan fingerprint density at radius 3 is 2.73 bits per heavy atom. The molecule has 26 heavy (non-hydrogen) atoms. The Morgan fingerprint density at radius 1 is 1.15 bits per heavy atom. The molecule has 134 valence electrons. The van der Waals surface area contributed by atoms with Gasteiger partial charge in [0.05, 0.1) is 11.1 Å². The van der Waals surface area contributed by atoms with Crippen LogP contribution in [-0.4, -0.2) is 23.1 Å². The van der Waals surface area contributed by atoms with Gasteiger partial charge >= 0.3 is 6.09 Å². The molecule has 2 atom stereocenters. The number of fused-ring (bicyclic) bond motifs is 2. The minimum absolute atomic E-state index is 0.0432. The number of halogens is 2. The van der Waals surface area contributed by atoms with E-state index in [0.717, 1.165) is 24.0 Å². The molecule has 5 heteroatoms. The molecule has 0 radical (unpaired) electrons. The van der Waals surface area contributed by atoms with Crippen molar-refractivity contribution in [3.8, 4) is 0 Å². The molecule has 2 bridgehead atoms. The van der Waals surface area contributed by atoms with Gasteiger partial charge in [0.1, 0.15) is 12.4 Å². The zero-order valence-corrected chi connectivity index (χ0v) is 15.0. The number of nitrogens with zero attached hydrogens (tertiary/aromatic N) is 1. The summed E-state index contributed by atoms with van der Waals surface area (Å²) in [5.74, 6) is -0.389. The Bertz CT molecular complexity index is 852. The lowest BCUT2D eigenvalue weighted by Crippen LogP contribution is -2.43. The summed E-state index contributed by atoms with van der Waals surface area (Å²) >= 11 is 5.91. The number of carbonyl (C=O) groups excluding carboxylic acids is 1. The normalized spacial score (nSPS) is 21.5. The summed E-state index contributed by atoms with van der Waals surface area (Å²) in [6.45, 7) is 0.259. The van der Waals surface area contributed by atoms with E-state index in [1.807, 2.05) is 36.4 Å². The molecule has 0 spiro atoms. The van der Waals surface area contributed by atoms with Crippen molar-refractivity contribution in [2.24, 2.45) is 0 Å². The number of hydrogen-bond donors (Lipinski definition) is 0. The summed E-state index contributed by atoms with van der Waals surface area (Å²) in [5.41, 5.74) is 2.42. The van der Waals surface area contributed by atoms with E-state index >= 15 is 0 Å². The average molecular weight is 372 g/mol. The predicted octanol–water partition coefficient (Wildman–Crippen LogP) is 5.44. The molecule has 2 aliphatic heterocycles. The Balaban J connectivity index is 1.50. The van der Waals surface area contributed by atoms with Crippen LogP contribution in [0.5, 0.6) is 0 Å². The summed E-state index contributed by atoms with van der Waals surface area (Å²) in [6.07, 6.45) is 4.07. The van der Waals surface area contributed by atoms with Gasteiger partial charge in [0, 0.05) is 11.6 Å². The monoisotopic (exact) mass is 371 g/mol. The molecule has 1 amide bonds. The maximum atomic E-state index is 14.3. The van der Waals surface area contributed by atoms with E-state index in [0.29, 0.717) is 12.0 Å². The lowest BCUT2D eigenvalue weighted by atomic mass is 9.94. The van der Waals surface area contributed by atoms with E-state index in [1.165, 1.54) is 0 Å². The van der Waals surface area contributed by atoms with Crippen LogP contribution in [0.25, 0.3) is 5.57 Å². The van der Waals surface area contributed by atoms with E-state index in [2.05, 4.69) is 0 Å². The summed E-state index contributed by atoms with van der Waals surface area (Å²) in [4.78, 5) is 14.4. The number of ether oxygens (including phenoxy) is 1. The maximum absolute atomic E-state index is 14.3. The molecule has 2 unspecified atom stereocenters. The molecule has 0 saturated carbocycles. The average Bonchev–Trinajstić information content (AvgIpc) is 2.93. The summed E-state index contributed by atoms with van der Waals surface area (Å²) < 4.78 is 19.8. The highest BCUT2D eigenvalue weighted by Gasteiger charge is 2.41. The summed E-state index contributed by atoms with van der Waals surface area (Å²) in [6, 6.07) is 14.7. The third-order valence-electron chi connectivity index (χ3n) is 5.11. The van der Waals surface area contributed by atoms with Crippen molar-refractivity contribution in [2.45, 2.75) is 38.0 Å². The molecule has 3 nitrogen and oxygen atoms in total. The van der Waals surface area contributed by atoms with Crippen LogP contribution in [0, 0.1) is 5.82 Å². The molecule has 0 N–H and O–H groups in total. The van der Waals surface area contributed by atoms with E-state index in [1.54, 1.807) is 23.1 Å². The minimum Gasteiger partial charge on any atom is -0.445 e. The highest BCUT2D eigenvalue weighted by molar-refractivity contribution is 6.30. The third-order valence-corrected chi connectivity index (χ3v) is 5.40. The second-order valence-corrected chi connectivity index (χ2v) is 7.15. The van der Waals surface area contributed by atoms with Crippen molar-refractivity contribution in [3.05, 3.63) is 76.6 Å². The Hall–Kier alpha value is -2.33. The number of hydrogen-bond acceptors (Lipinski definition) is 2. The van der Waals surface area contributed by atoms with Crippen LogP contribution in [0.15, 0.2) is 54.6 Å². The van der Waals surface area contributed by atoms with Gasteiger partial charge in [-0.25, -0.2) is 9.18 Å². The largest absolute Gasteiger partial charge is 0.445 e. The first-order valence-electron chi connectivity index (χ1n) is 8.77. The van der Waals surface area contributed by atoms with Gasteiger partial charge in [0.2, 0.25) is 0 Å². The number of carbonyl (C=O) groups is 1. The smallest absolute Gasteiger partial charge is 0.410 e. The lowest BCUT2D eigenvalue weighted by Gasteiger charge is -2.33. The van der Waals surface area contributed by atoms with Gasteiger partial charge in [-0.3, -0.25) is 4.90 Å². The van der Waals surface area contributed by atoms with E-state index in [4.69, 9.17) is 16.3 Å². The lowest BCUT2D eigenvalue weighted by molar-refractivity contribution is 0.0832. The molecule has 4 rings (SSSR count).